The number of hydrogen-bond acceptors (Lipinski definition) is 5. The largest absolute Gasteiger partial charge is 0.504 e. The van der Waals surface area contributed by atoms with Gasteiger partial charge in [-0.15, -0.1) is 6.42 Å². The van der Waals surface area contributed by atoms with Gasteiger partial charge in [-0.25, -0.2) is 4.79 Å². The Morgan fingerprint density at radius 1 is 1.55 bits per heavy atom. The highest BCUT2D eigenvalue weighted by molar-refractivity contribution is 5.82. The molecule has 0 aliphatic heterocycles. The number of rotatable bonds is 6. The van der Waals surface area contributed by atoms with E-state index in [-0.39, 0.29) is 24.7 Å². The zero-order valence-electron chi connectivity index (χ0n) is 11.9. The first-order valence-corrected chi connectivity index (χ1v) is 6.22. The smallest absolute Gasteiger partial charge is 0.330 e. The molecule has 1 aromatic carbocycles. The second-order valence-corrected chi connectivity index (χ2v) is 4.29. The van der Waals surface area contributed by atoms with Gasteiger partial charge in [-0.05, 0) is 31.5 Å². The number of phenols is 1. The fourth-order valence-corrected chi connectivity index (χ4v) is 1.78. The van der Waals surface area contributed by atoms with Gasteiger partial charge >= 0.3 is 5.97 Å². The molecule has 5 nitrogen and oxygen atoms in total. The van der Waals surface area contributed by atoms with E-state index in [1.165, 1.54) is 13.2 Å². The van der Waals surface area contributed by atoms with Gasteiger partial charge in [0.15, 0.2) is 11.5 Å². The normalized spacial score (nSPS) is 13.1. The summed E-state index contributed by atoms with van der Waals surface area (Å²) in [6.45, 7) is 3.88. The van der Waals surface area contributed by atoms with Crippen molar-refractivity contribution >= 4 is 5.97 Å². The predicted molar refractivity (Wildman–Crippen MR) is 75.5 cm³/mol. The van der Waals surface area contributed by atoms with Crippen LogP contribution >= 0.6 is 0 Å². The third-order valence-electron chi connectivity index (χ3n) is 2.98. The lowest BCUT2D eigenvalue weighted by Gasteiger charge is -2.28. The summed E-state index contributed by atoms with van der Waals surface area (Å²) in [6, 6.07) is 4.66. The number of hydrogen-bond donors (Lipinski definition) is 2. The number of carbonyl (C=O) groups is 1. The van der Waals surface area contributed by atoms with Crippen LogP contribution in [-0.4, -0.2) is 31.3 Å². The molecular weight excluding hydrogens is 258 g/mol. The Bertz CT molecular complexity index is 521. The Balaban J connectivity index is 3.23. The number of benzene rings is 1. The third kappa shape index (κ3) is 3.22. The first kappa shape index (κ1) is 15.9. The quantitative estimate of drug-likeness (QED) is 0.608. The highest BCUT2D eigenvalue weighted by Crippen LogP contribution is 2.32. The van der Waals surface area contributed by atoms with E-state index in [2.05, 4.69) is 11.2 Å². The average molecular weight is 277 g/mol. The topological polar surface area (TPSA) is 67.8 Å². The van der Waals surface area contributed by atoms with Crippen molar-refractivity contribution in [1.82, 2.24) is 5.32 Å². The van der Waals surface area contributed by atoms with E-state index >= 15 is 0 Å². The summed E-state index contributed by atoms with van der Waals surface area (Å²) in [7, 11) is 1.44. The van der Waals surface area contributed by atoms with Crippen molar-refractivity contribution in [3.8, 4) is 23.8 Å². The molecule has 0 radical (unpaired) electrons. The monoisotopic (exact) mass is 277 g/mol. The van der Waals surface area contributed by atoms with Crippen LogP contribution in [0.5, 0.6) is 11.5 Å². The van der Waals surface area contributed by atoms with E-state index in [1.807, 2.05) is 0 Å². The summed E-state index contributed by atoms with van der Waals surface area (Å²) in [5, 5.41) is 12.6. The Morgan fingerprint density at radius 3 is 2.80 bits per heavy atom. The molecule has 0 bridgehead atoms. The number of aromatic hydroxyl groups is 1. The summed E-state index contributed by atoms with van der Waals surface area (Å²) in [5.41, 5.74) is -0.510. The molecule has 1 atom stereocenters. The van der Waals surface area contributed by atoms with Crippen LogP contribution in [0.25, 0.3) is 0 Å². The predicted octanol–water partition coefficient (Wildman–Crippen LogP) is 1.40. The standard InChI is InChI=1S/C15H19NO4/c1-5-9-16-15(3,14(18)20-6-2)11-7-8-12(17)13(10-11)19-4/h1,7-8,10,16-17H,6,9H2,2-4H3. The first-order valence-electron chi connectivity index (χ1n) is 6.22. The molecule has 1 unspecified atom stereocenters. The van der Waals surface area contributed by atoms with Crippen molar-refractivity contribution < 1.29 is 19.4 Å². The molecule has 0 heterocycles. The van der Waals surface area contributed by atoms with Crippen LogP contribution in [0.1, 0.15) is 19.4 Å². The Hall–Kier alpha value is -2.19. The highest BCUT2D eigenvalue weighted by Gasteiger charge is 2.36. The van der Waals surface area contributed by atoms with Gasteiger partial charge in [-0.3, -0.25) is 5.32 Å². The van der Waals surface area contributed by atoms with Crippen LogP contribution in [0, 0.1) is 12.3 Å². The third-order valence-corrected chi connectivity index (χ3v) is 2.98. The van der Waals surface area contributed by atoms with E-state index in [9.17, 15) is 9.90 Å². The molecule has 0 saturated heterocycles. The Kier molecular flexibility index (Phi) is 5.42. The van der Waals surface area contributed by atoms with E-state index in [0.717, 1.165) is 0 Å². The molecule has 0 aliphatic rings. The highest BCUT2D eigenvalue weighted by atomic mass is 16.5. The number of methoxy groups -OCH3 is 1. The lowest BCUT2D eigenvalue weighted by molar-refractivity contribution is -0.150. The molecule has 0 aliphatic carbocycles. The van der Waals surface area contributed by atoms with Crippen LogP contribution in [0.4, 0.5) is 0 Å². The minimum absolute atomic E-state index is 0.000547. The summed E-state index contributed by atoms with van der Waals surface area (Å²) in [6.07, 6.45) is 5.24. The van der Waals surface area contributed by atoms with Crippen LogP contribution in [-0.2, 0) is 15.1 Å². The summed E-state index contributed by atoms with van der Waals surface area (Å²) < 4.78 is 10.1. The average Bonchev–Trinajstić information content (AvgIpc) is 2.45. The maximum absolute atomic E-state index is 12.2. The van der Waals surface area contributed by atoms with E-state index < -0.39 is 11.5 Å². The number of nitrogens with one attached hydrogen (secondary N) is 1. The van der Waals surface area contributed by atoms with Crippen molar-refractivity contribution in [1.29, 1.82) is 0 Å². The fraction of sp³-hybridized carbons (Fsp3) is 0.400. The summed E-state index contributed by atoms with van der Waals surface area (Å²) >= 11 is 0. The lowest BCUT2D eigenvalue weighted by Crippen LogP contribution is -2.47. The minimum Gasteiger partial charge on any atom is -0.504 e. The van der Waals surface area contributed by atoms with Gasteiger partial charge in [0.2, 0.25) is 0 Å². The van der Waals surface area contributed by atoms with Crippen molar-refractivity contribution in [2.24, 2.45) is 0 Å². The molecule has 0 aromatic heterocycles. The van der Waals surface area contributed by atoms with Gasteiger partial charge < -0.3 is 14.6 Å². The molecule has 2 N–H and O–H groups in total. The summed E-state index contributed by atoms with van der Waals surface area (Å²) in [5.74, 6) is 2.27. The maximum Gasteiger partial charge on any atom is 0.330 e. The van der Waals surface area contributed by atoms with Crippen molar-refractivity contribution in [3.63, 3.8) is 0 Å². The molecule has 108 valence electrons. The SMILES string of the molecule is C#CCNC(C)(C(=O)OCC)c1ccc(O)c(OC)c1. The molecule has 0 saturated carbocycles. The van der Waals surface area contributed by atoms with Gasteiger partial charge in [-0.2, -0.15) is 0 Å². The van der Waals surface area contributed by atoms with Gasteiger partial charge in [-0.1, -0.05) is 12.0 Å². The molecule has 0 spiro atoms. The van der Waals surface area contributed by atoms with E-state index in [4.69, 9.17) is 15.9 Å². The number of esters is 1. The molecule has 1 aromatic rings. The fourth-order valence-electron chi connectivity index (χ4n) is 1.78. The van der Waals surface area contributed by atoms with Crippen LogP contribution in [0.3, 0.4) is 0 Å². The Labute approximate surface area is 118 Å². The first-order chi connectivity index (χ1) is 9.49. The van der Waals surface area contributed by atoms with Gasteiger partial charge in [0.1, 0.15) is 5.54 Å². The summed E-state index contributed by atoms with van der Waals surface area (Å²) in [4.78, 5) is 12.2. The van der Waals surface area contributed by atoms with Gasteiger partial charge in [0.25, 0.3) is 0 Å². The maximum atomic E-state index is 12.2. The molecule has 20 heavy (non-hydrogen) atoms. The molecule has 1 rings (SSSR count). The van der Waals surface area contributed by atoms with Gasteiger partial charge in [0.05, 0.1) is 20.3 Å². The van der Waals surface area contributed by atoms with Crippen LogP contribution < -0.4 is 10.1 Å². The molecule has 0 amide bonds. The zero-order chi connectivity index (χ0) is 15.2. The molecule has 0 fully saturated rings. The van der Waals surface area contributed by atoms with Crippen molar-refractivity contribution in [3.05, 3.63) is 23.8 Å². The zero-order valence-corrected chi connectivity index (χ0v) is 11.9. The second-order valence-electron chi connectivity index (χ2n) is 4.29. The van der Waals surface area contributed by atoms with Crippen LogP contribution in [0.2, 0.25) is 0 Å². The molecular formula is C15H19NO4. The van der Waals surface area contributed by atoms with E-state index in [1.54, 1.807) is 26.0 Å². The van der Waals surface area contributed by atoms with Crippen LogP contribution in [0.15, 0.2) is 18.2 Å². The number of carbonyl (C=O) groups excluding carboxylic acids is 1. The van der Waals surface area contributed by atoms with Crippen molar-refractivity contribution in [2.75, 3.05) is 20.3 Å². The van der Waals surface area contributed by atoms with Gasteiger partial charge in [0, 0.05) is 0 Å². The number of terminal acetylenes is 1. The van der Waals surface area contributed by atoms with Crippen molar-refractivity contribution in [2.45, 2.75) is 19.4 Å². The number of phenolic OH excluding ortho intramolecular Hbond substituents is 1. The lowest BCUT2D eigenvalue weighted by atomic mass is 9.91. The second kappa shape index (κ2) is 6.83. The minimum atomic E-state index is -1.11. The molecule has 5 heteroatoms. The Morgan fingerprint density at radius 2 is 2.25 bits per heavy atom. The number of ether oxygens (including phenoxy) is 2. The van der Waals surface area contributed by atoms with E-state index in [0.29, 0.717) is 5.56 Å².